The van der Waals surface area contributed by atoms with Crippen molar-refractivity contribution >= 4 is 33.3 Å². The van der Waals surface area contributed by atoms with Crippen molar-refractivity contribution in [1.82, 2.24) is 0 Å². The molecule has 0 aromatic heterocycles. The number of ketones is 1. The molecule has 0 fully saturated rings. The van der Waals surface area contributed by atoms with Crippen LogP contribution in [0.1, 0.15) is 21.5 Å². The largest absolute Gasteiger partial charge is 0.495 e. The number of carbonyl (C=O) groups excluding carboxylic acids is 1. The first kappa shape index (κ1) is 14.1. The van der Waals surface area contributed by atoms with E-state index >= 15 is 0 Å². The Morgan fingerprint density at radius 1 is 1.21 bits per heavy atom. The van der Waals surface area contributed by atoms with Crippen molar-refractivity contribution in [3.63, 3.8) is 0 Å². The summed E-state index contributed by atoms with van der Waals surface area (Å²) < 4.78 is 6.08. The van der Waals surface area contributed by atoms with Crippen LogP contribution in [-0.4, -0.2) is 12.9 Å². The van der Waals surface area contributed by atoms with Crippen LogP contribution in [0.25, 0.3) is 0 Å². The number of halogens is 2. The van der Waals surface area contributed by atoms with Crippen molar-refractivity contribution in [2.24, 2.45) is 0 Å². The predicted molar refractivity (Wildman–Crippen MR) is 80.3 cm³/mol. The normalized spacial score (nSPS) is 10.3. The summed E-state index contributed by atoms with van der Waals surface area (Å²) in [6.45, 7) is 1.91. The number of hydrogen-bond donors (Lipinski definition) is 0. The Kier molecular flexibility index (Phi) is 4.27. The van der Waals surface area contributed by atoms with Crippen molar-refractivity contribution < 1.29 is 9.53 Å². The second kappa shape index (κ2) is 5.76. The molecule has 98 valence electrons. The first-order chi connectivity index (χ1) is 9.02. The van der Waals surface area contributed by atoms with Gasteiger partial charge in [-0.3, -0.25) is 4.79 Å². The van der Waals surface area contributed by atoms with Gasteiger partial charge in [0.05, 0.1) is 12.1 Å². The second-order valence-electron chi connectivity index (χ2n) is 4.14. The van der Waals surface area contributed by atoms with Crippen LogP contribution in [0, 0.1) is 6.92 Å². The second-order valence-corrected chi connectivity index (χ2v) is 5.46. The summed E-state index contributed by atoms with van der Waals surface area (Å²) in [5, 5.41) is 0.492. The molecule has 2 rings (SSSR count). The van der Waals surface area contributed by atoms with Gasteiger partial charge in [-0.2, -0.15) is 0 Å². The van der Waals surface area contributed by atoms with Gasteiger partial charge in [0.2, 0.25) is 0 Å². The van der Waals surface area contributed by atoms with Crippen molar-refractivity contribution in [1.29, 1.82) is 0 Å². The van der Waals surface area contributed by atoms with E-state index in [9.17, 15) is 4.79 Å². The molecule has 0 aliphatic rings. The fraction of sp³-hybridized carbons (Fsp3) is 0.133. The number of hydrogen-bond acceptors (Lipinski definition) is 2. The van der Waals surface area contributed by atoms with Crippen LogP contribution in [0.4, 0.5) is 0 Å². The first-order valence-corrected chi connectivity index (χ1v) is 6.84. The molecule has 0 saturated carbocycles. The summed E-state index contributed by atoms with van der Waals surface area (Å²) in [6.07, 6.45) is 0. The molecule has 0 bridgehead atoms. The summed E-state index contributed by atoms with van der Waals surface area (Å²) in [4.78, 5) is 12.4. The highest BCUT2D eigenvalue weighted by Crippen LogP contribution is 2.27. The Balaban J connectivity index is 2.44. The molecule has 2 aromatic carbocycles. The lowest BCUT2D eigenvalue weighted by Gasteiger charge is -2.08. The third-order valence-electron chi connectivity index (χ3n) is 2.85. The minimum absolute atomic E-state index is 0.0417. The topological polar surface area (TPSA) is 26.3 Å². The van der Waals surface area contributed by atoms with Crippen molar-refractivity contribution in [2.75, 3.05) is 7.11 Å². The molecule has 0 aliphatic heterocycles. The Morgan fingerprint density at radius 2 is 1.95 bits per heavy atom. The summed E-state index contributed by atoms with van der Waals surface area (Å²) in [5.74, 6) is 0.460. The summed E-state index contributed by atoms with van der Waals surface area (Å²) in [5.41, 5.74) is 2.16. The van der Waals surface area contributed by atoms with Gasteiger partial charge in [-0.25, -0.2) is 0 Å². The summed E-state index contributed by atoms with van der Waals surface area (Å²) in [7, 11) is 1.53. The summed E-state index contributed by atoms with van der Waals surface area (Å²) >= 11 is 9.34. The Morgan fingerprint density at radius 3 is 2.58 bits per heavy atom. The van der Waals surface area contributed by atoms with E-state index in [0.717, 1.165) is 10.0 Å². The van der Waals surface area contributed by atoms with Gasteiger partial charge in [-0.15, -0.1) is 0 Å². The molecule has 0 heterocycles. The molecular weight excluding hydrogens is 328 g/mol. The van der Waals surface area contributed by atoms with E-state index < -0.39 is 0 Å². The third kappa shape index (κ3) is 2.99. The maximum atomic E-state index is 12.4. The van der Waals surface area contributed by atoms with Gasteiger partial charge in [0.15, 0.2) is 5.78 Å². The minimum atomic E-state index is -0.0417. The fourth-order valence-electron chi connectivity index (χ4n) is 1.84. The van der Waals surface area contributed by atoms with Crippen molar-refractivity contribution in [2.45, 2.75) is 6.92 Å². The maximum Gasteiger partial charge on any atom is 0.193 e. The number of carbonyl (C=O) groups is 1. The Labute approximate surface area is 125 Å². The predicted octanol–water partition coefficient (Wildman–Crippen LogP) is 4.65. The van der Waals surface area contributed by atoms with E-state index in [4.69, 9.17) is 16.3 Å². The fourth-order valence-corrected chi connectivity index (χ4v) is 2.51. The molecule has 4 heteroatoms. The number of rotatable bonds is 3. The van der Waals surface area contributed by atoms with E-state index in [-0.39, 0.29) is 5.78 Å². The minimum Gasteiger partial charge on any atom is -0.495 e. The Hall–Kier alpha value is -1.32. The summed E-state index contributed by atoms with van der Waals surface area (Å²) in [6, 6.07) is 10.6. The molecule has 0 aliphatic carbocycles. The zero-order valence-electron chi connectivity index (χ0n) is 10.5. The van der Waals surface area contributed by atoms with E-state index in [1.165, 1.54) is 7.11 Å². The highest BCUT2D eigenvalue weighted by molar-refractivity contribution is 9.10. The molecular formula is C15H12BrClO2. The van der Waals surface area contributed by atoms with Crippen LogP contribution in [0.2, 0.25) is 5.02 Å². The van der Waals surface area contributed by atoms with Gasteiger partial charge in [-0.1, -0.05) is 27.5 Å². The number of ether oxygens (including phenoxy) is 1. The zero-order valence-corrected chi connectivity index (χ0v) is 12.9. The van der Waals surface area contributed by atoms with Crippen LogP contribution in [0.3, 0.4) is 0 Å². The zero-order chi connectivity index (χ0) is 14.0. The standard InChI is InChI=1S/C15H12BrClO2/c1-9-7-11(16)4-5-12(9)15(18)10-3-6-13(17)14(8-10)19-2/h3-8H,1-2H3. The van der Waals surface area contributed by atoms with Crippen molar-refractivity contribution in [3.05, 3.63) is 62.6 Å². The molecule has 0 amide bonds. The molecule has 19 heavy (non-hydrogen) atoms. The lowest BCUT2D eigenvalue weighted by atomic mass is 9.99. The Bertz CT molecular complexity index is 638. The lowest BCUT2D eigenvalue weighted by molar-refractivity contribution is 0.103. The van der Waals surface area contributed by atoms with Gasteiger partial charge in [-0.05, 0) is 48.9 Å². The van der Waals surface area contributed by atoms with E-state index in [1.54, 1.807) is 18.2 Å². The maximum absolute atomic E-state index is 12.4. The quantitative estimate of drug-likeness (QED) is 0.761. The molecule has 2 aromatic rings. The van der Waals surface area contributed by atoms with Crippen LogP contribution in [0.15, 0.2) is 40.9 Å². The van der Waals surface area contributed by atoms with Crippen LogP contribution >= 0.6 is 27.5 Å². The van der Waals surface area contributed by atoms with E-state index in [1.807, 2.05) is 25.1 Å². The van der Waals surface area contributed by atoms with Crippen LogP contribution in [-0.2, 0) is 0 Å². The molecule has 0 saturated heterocycles. The van der Waals surface area contributed by atoms with Gasteiger partial charge in [0.25, 0.3) is 0 Å². The van der Waals surface area contributed by atoms with Gasteiger partial charge >= 0.3 is 0 Å². The molecule has 0 radical (unpaired) electrons. The highest BCUT2D eigenvalue weighted by atomic mass is 79.9. The molecule has 0 unspecified atom stereocenters. The third-order valence-corrected chi connectivity index (χ3v) is 3.65. The molecule has 0 atom stereocenters. The number of aryl methyl sites for hydroxylation is 1. The SMILES string of the molecule is COc1cc(C(=O)c2ccc(Br)cc2C)ccc1Cl. The van der Waals surface area contributed by atoms with Gasteiger partial charge in [0, 0.05) is 15.6 Å². The number of methoxy groups -OCH3 is 1. The van der Waals surface area contributed by atoms with Crippen molar-refractivity contribution in [3.8, 4) is 5.75 Å². The monoisotopic (exact) mass is 338 g/mol. The van der Waals surface area contributed by atoms with Crippen LogP contribution in [0.5, 0.6) is 5.75 Å². The average molecular weight is 340 g/mol. The first-order valence-electron chi connectivity index (χ1n) is 5.67. The lowest BCUT2D eigenvalue weighted by Crippen LogP contribution is -2.04. The van der Waals surface area contributed by atoms with E-state index in [0.29, 0.717) is 21.9 Å². The highest BCUT2D eigenvalue weighted by Gasteiger charge is 2.13. The molecule has 2 nitrogen and oxygen atoms in total. The van der Waals surface area contributed by atoms with Gasteiger partial charge < -0.3 is 4.74 Å². The van der Waals surface area contributed by atoms with E-state index in [2.05, 4.69) is 15.9 Å². The van der Waals surface area contributed by atoms with Gasteiger partial charge in [0.1, 0.15) is 5.75 Å². The molecule has 0 N–H and O–H groups in total. The smallest absolute Gasteiger partial charge is 0.193 e. The number of benzene rings is 2. The van der Waals surface area contributed by atoms with Crippen LogP contribution < -0.4 is 4.74 Å². The molecule has 0 spiro atoms. The average Bonchev–Trinajstić information content (AvgIpc) is 2.38.